The number of para-hydroxylation sites is 1. The van der Waals surface area contributed by atoms with Crippen LogP contribution >= 0.6 is 0 Å². The lowest BCUT2D eigenvalue weighted by Gasteiger charge is -2.32. The number of rotatable bonds is 5. The topological polar surface area (TPSA) is 52.7 Å². The quantitative estimate of drug-likeness (QED) is 0.890. The van der Waals surface area contributed by atoms with E-state index in [9.17, 15) is 9.59 Å². The summed E-state index contributed by atoms with van der Waals surface area (Å²) in [6, 6.07) is 8.16. The summed E-state index contributed by atoms with van der Waals surface area (Å²) in [6.07, 6.45) is 2.63. The summed E-state index contributed by atoms with van der Waals surface area (Å²) < 4.78 is 0. The average Bonchev–Trinajstić information content (AvgIpc) is 3.04. The number of carbonyl (C=O) groups is 2. The zero-order valence-electron chi connectivity index (χ0n) is 15.3. The molecule has 1 saturated heterocycles. The number of anilines is 1. The van der Waals surface area contributed by atoms with E-state index in [0.717, 1.165) is 51.1 Å². The first kappa shape index (κ1) is 17.9. The zero-order valence-corrected chi connectivity index (χ0v) is 15.3. The van der Waals surface area contributed by atoms with Gasteiger partial charge in [0, 0.05) is 24.7 Å². The highest BCUT2D eigenvalue weighted by Crippen LogP contribution is 2.27. The van der Waals surface area contributed by atoms with Gasteiger partial charge in [0.25, 0.3) is 0 Å². The van der Waals surface area contributed by atoms with Crippen LogP contribution in [-0.4, -0.2) is 49.4 Å². The molecule has 1 fully saturated rings. The van der Waals surface area contributed by atoms with Crippen molar-refractivity contribution >= 4 is 17.5 Å². The zero-order chi connectivity index (χ0) is 17.8. The van der Waals surface area contributed by atoms with Gasteiger partial charge in [-0.2, -0.15) is 0 Å². The van der Waals surface area contributed by atoms with E-state index in [1.165, 1.54) is 5.56 Å². The number of likely N-dealkylation sites (tertiary alicyclic amines) is 1. The van der Waals surface area contributed by atoms with E-state index < -0.39 is 0 Å². The molecule has 2 aliphatic heterocycles. The van der Waals surface area contributed by atoms with Crippen LogP contribution in [0.5, 0.6) is 0 Å². The van der Waals surface area contributed by atoms with Crippen molar-refractivity contribution in [3.8, 4) is 0 Å². The lowest BCUT2D eigenvalue weighted by Crippen LogP contribution is -2.45. The second-order valence-corrected chi connectivity index (χ2v) is 7.61. The number of fused-ring (bicyclic) bond motifs is 1. The van der Waals surface area contributed by atoms with Crippen LogP contribution in [0, 0.1) is 11.8 Å². The van der Waals surface area contributed by atoms with Crippen molar-refractivity contribution in [2.24, 2.45) is 11.8 Å². The van der Waals surface area contributed by atoms with E-state index in [1.54, 1.807) is 0 Å². The molecular weight excluding hydrogens is 314 g/mol. The van der Waals surface area contributed by atoms with Crippen molar-refractivity contribution in [1.29, 1.82) is 0 Å². The van der Waals surface area contributed by atoms with Crippen molar-refractivity contribution in [2.45, 2.75) is 33.1 Å². The number of nitrogens with one attached hydrogen (secondary N) is 1. The first-order chi connectivity index (χ1) is 12.0. The summed E-state index contributed by atoms with van der Waals surface area (Å²) in [5, 5.41) is 3.03. The largest absolute Gasteiger partial charge is 0.356 e. The van der Waals surface area contributed by atoms with Gasteiger partial charge in [-0.3, -0.25) is 14.5 Å². The third-order valence-corrected chi connectivity index (χ3v) is 5.19. The molecule has 0 bridgehead atoms. The molecule has 2 aliphatic rings. The molecule has 1 N–H and O–H groups in total. The maximum absolute atomic E-state index is 12.7. The molecule has 25 heavy (non-hydrogen) atoms. The molecule has 1 aromatic carbocycles. The lowest BCUT2D eigenvalue weighted by atomic mass is 9.95. The Hall–Kier alpha value is -1.88. The van der Waals surface area contributed by atoms with Crippen LogP contribution in [0.25, 0.3) is 0 Å². The molecule has 136 valence electrons. The fraction of sp³-hybridized carbons (Fsp3) is 0.600. The van der Waals surface area contributed by atoms with Gasteiger partial charge in [-0.1, -0.05) is 32.0 Å². The Kier molecular flexibility index (Phi) is 5.74. The van der Waals surface area contributed by atoms with Crippen LogP contribution in [0.3, 0.4) is 0 Å². The maximum atomic E-state index is 12.7. The van der Waals surface area contributed by atoms with Crippen LogP contribution in [0.1, 0.15) is 32.3 Å². The molecule has 0 radical (unpaired) electrons. The minimum absolute atomic E-state index is 0.0950. The summed E-state index contributed by atoms with van der Waals surface area (Å²) in [6.45, 7) is 7.82. The van der Waals surface area contributed by atoms with Gasteiger partial charge in [0.2, 0.25) is 11.8 Å². The molecule has 0 spiro atoms. The van der Waals surface area contributed by atoms with Gasteiger partial charge in [0.05, 0.1) is 6.54 Å². The number of nitrogens with zero attached hydrogens (tertiary/aromatic N) is 2. The Balaban J connectivity index is 1.46. The van der Waals surface area contributed by atoms with E-state index in [-0.39, 0.29) is 17.7 Å². The number of hydrogen-bond acceptors (Lipinski definition) is 3. The Morgan fingerprint density at radius 3 is 2.60 bits per heavy atom. The fourth-order valence-corrected chi connectivity index (χ4v) is 3.68. The Morgan fingerprint density at radius 1 is 1.16 bits per heavy atom. The predicted octanol–water partition coefficient (Wildman–Crippen LogP) is 2.06. The van der Waals surface area contributed by atoms with Gasteiger partial charge < -0.3 is 10.2 Å². The molecule has 0 aliphatic carbocycles. The SMILES string of the molecule is CC(C)CNC(=O)C1CCN(CC(=O)N2CCc3ccccc32)CC1. The van der Waals surface area contributed by atoms with Crippen molar-refractivity contribution in [1.82, 2.24) is 10.2 Å². The van der Waals surface area contributed by atoms with Crippen molar-refractivity contribution < 1.29 is 9.59 Å². The Bertz CT molecular complexity index is 621. The summed E-state index contributed by atoms with van der Waals surface area (Å²) in [5.74, 6) is 0.920. The highest BCUT2D eigenvalue weighted by atomic mass is 16.2. The molecule has 1 aromatic rings. The minimum Gasteiger partial charge on any atom is -0.356 e. The number of amides is 2. The number of carbonyl (C=O) groups excluding carboxylic acids is 2. The molecule has 2 amide bonds. The third-order valence-electron chi connectivity index (χ3n) is 5.19. The number of piperidine rings is 1. The second-order valence-electron chi connectivity index (χ2n) is 7.61. The molecule has 0 aromatic heterocycles. The molecule has 0 saturated carbocycles. The van der Waals surface area contributed by atoms with E-state index in [1.807, 2.05) is 23.1 Å². The first-order valence-electron chi connectivity index (χ1n) is 9.43. The normalized spacial score (nSPS) is 18.4. The van der Waals surface area contributed by atoms with Gasteiger partial charge in [-0.05, 0) is 49.9 Å². The van der Waals surface area contributed by atoms with Crippen molar-refractivity contribution in [3.63, 3.8) is 0 Å². The lowest BCUT2D eigenvalue weighted by molar-refractivity contribution is -0.126. The van der Waals surface area contributed by atoms with Crippen LogP contribution in [0.4, 0.5) is 5.69 Å². The molecular formula is C20H29N3O2. The van der Waals surface area contributed by atoms with Crippen molar-refractivity contribution in [3.05, 3.63) is 29.8 Å². The summed E-state index contributed by atoms with van der Waals surface area (Å²) in [7, 11) is 0. The van der Waals surface area contributed by atoms with Gasteiger partial charge in [-0.15, -0.1) is 0 Å². The third kappa shape index (κ3) is 4.40. The van der Waals surface area contributed by atoms with Gasteiger partial charge in [-0.25, -0.2) is 0 Å². The van der Waals surface area contributed by atoms with Gasteiger partial charge >= 0.3 is 0 Å². The molecule has 2 heterocycles. The highest BCUT2D eigenvalue weighted by Gasteiger charge is 2.29. The average molecular weight is 343 g/mol. The Morgan fingerprint density at radius 2 is 1.88 bits per heavy atom. The summed E-state index contributed by atoms with van der Waals surface area (Å²) in [4.78, 5) is 29.0. The second kappa shape index (κ2) is 8.00. The van der Waals surface area contributed by atoms with Crippen molar-refractivity contribution in [2.75, 3.05) is 37.6 Å². The standard InChI is InChI=1S/C20H29N3O2/c1-15(2)13-21-20(25)17-7-10-22(11-8-17)14-19(24)23-12-9-16-5-3-4-6-18(16)23/h3-6,15,17H,7-14H2,1-2H3,(H,21,25). The number of hydrogen-bond donors (Lipinski definition) is 1. The van der Waals surface area contributed by atoms with Gasteiger partial charge in [0.15, 0.2) is 0 Å². The van der Waals surface area contributed by atoms with E-state index >= 15 is 0 Å². The van der Waals surface area contributed by atoms with Crippen LogP contribution < -0.4 is 10.2 Å². The van der Waals surface area contributed by atoms with Crippen LogP contribution in [-0.2, 0) is 16.0 Å². The summed E-state index contributed by atoms with van der Waals surface area (Å²) in [5.41, 5.74) is 2.33. The molecule has 5 nitrogen and oxygen atoms in total. The Labute approximate surface area is 150 Å². The molecule has 0 unspecified atom stereocenters. The van der Waals surface area contributed by atoms with Gasteiger partial charge in [0.1, 0.15) is 0 Å². The van der Waals surface area contributed by atoms with Crippen LogP contribution in [0.2, 0.25) is 0 Å². The molecule has 5 heteroatoms. The summed E-state index contributed by atoms with van der Waals surface area (Å²) >= 11 is 0. The fourth-order valence-electron chi connectivity index (χ4n) is 3.68. The highest BCUT2D eigenvalue weighted by molar-refractivity contribution is 5.96. The first-order valence-corrected chi connectivity index (χ1v) is 9.43. The number of benzene rings is 1. The van der Waals surface area contributed by atoms with E-state index in [0.29, 0.717) is 12.5 Å². The van der Waals surface area contributed by atoms with E-state index in [4.69, 9.17) is 0 Å². The smallest absolute Gasteiger partial charge is 0.241 e. The van der Waals surface area contributed by atoms with Crippen LogP contribution in [0.15, 0.2) is 24.3 Å². The molecule has 0 atom stereocenters. The maximum Gasteiger partial charge on any atom is 0.241 e. The molecule has 3 rings (SSSR count). The van der Waals surface area contributed by atoms with E-state index in [2.05, 4.69) is 30.1 Å². The minimum atomic E-state index is 0.0950. The monoisotopic (exact) mass is 343 g/mol. The predicted molar refractivity (Wildman–Crippen MR) is 99.5 cm³/mol.